The average molecular weight is 220 g/mol. The predicted molar refractivity (Wildman–Crippen MR) is 57.5 cm³/mol. The third-order valence-corrected chi connectivity index (χ3v) is 1.92. The Morgan fingerprint density at radius 2 is 1.94 bits per heavy atom. The van der Waals surface area contributed by atoms with E-state index in [9.17, 15) is 9.59 Å². The minimum atomic E-state index is -1.04. The van der Waals surface area contributed by atoms with Crippen LogP contribution >= 0.6 is 0 Å². The second kappa shape index (κ2) is 5.70. The summed E-state index contributed by atoms with van der Waals surface area (Å²) in [4.78, 5) is 22.5. The first kappa shape index (κ1) is 12.0. The number of rotatable bonds is 4. The maximum atomic E-state index is 11.4. The molecule has 0 aliphatic rings. The van der Waals surface area contributed by atoms with Gasteiger partial charge in [0.15, 0.2) is 0 Å². The second-order valence-electron chi connectivity index (χ2n) is 2.95. The van der Waals surface area contributed by atoms with Crippen LogP contribution in [0.3, 0.4) is 0 Å². The number of benzene rings is 1. The summed E-state index contributed by atoms with van der Waals surface area (Å²) in [5.41, 5.74) is 0.560. The summed E-state index contributed by atoms with van der Waals surface area (Å²) in [6.45, 7) is 3.27. The summed E-state index contributed by atoms with van der Waals surface area (Å²) in [6, 6.07) is 8.64. The van der Waals surface area contributed by atoms with Crippen LogP contribution in [0, 0.1) is 0 Å². The lowest BCUT2D eigenvalue weighted by molar-refractivity contribution is -0.163. The number of hydrogen-bond donors (Lipinski definition) is 0. The van der Waals surface area contributed by atoms with E-state index in [0.717, 1.165) is 6.08 Å². The van der Waals surface area contributed by atoms with Gasteiger partial charge in [-0.3, -0.25) is 0 Å². The van der Waals surface area contributed by atoms with Gasteiger partial charge in [0, 0.05) is 11.6 Å². The van der Waals surface area contributed by atoms with Crippen molar-refractivity contribution in [2.75, 3.05) is 7.11 Å². The molecular formula is C12H12O4. The fourth-order valence-corrected chi connectivity index (χ4v) is 1.15. The van der Waals surface area contributed by atoms with Gasteiger partial charge in [0.1, 0.15) is 0 Å². The molecule has 0 fully saturated rings. The van der Waals surface area contributed by atoms with E-state index in [2.05, 4.69) is 11.3 Å². The van der Waals surface area contributed by atoms with Crippen LogP contribution in [-0.2, 0) is 19.1 Å². The molecule has 4 nitrogen and oxygen atoms in total. The highest BCUT2D eigenvalue weighted by atomic mass is 16.6. The van der Waals surface area contributed by atoms with Crippen molar-refractivity contribution in [1.29, 1.82) is 0 Å². The molecule has 1 atom stereocenters. The van der Waals surface area contributed by atoms with Crippen LogP contribution in [-0.4, -0.2) is 19.0 Å². The Bertz CT molecular complexity index is 383. The van der Waals surface area contributed by atoms with Crippen LogP contribution in [0.4, 0.5) is 0 Å². The van der Waals surface area contributed by atoms with Crippen molar-refractivity contribution < 1.29 is 19.1 Å². The molecule has 0 heterocycles. The lowest BCUT2D eigenvalue weighted by atomic mass is 10.1. The lowest BCUT2D eigenvalue weighted by Crippen LogP contribution is -2.20. The molecule has 1 aromatic carbocycles. The predicted octanol–water partition coefficient (Wildman–Crippen LogP) is 1.63. The third-order valence-electron chi connectivity index (χ3n) is 1.92. The Morgan fingerprint density at radius 3 is 2.44 bits per heavy atom. The lowest BCUT2D eigenvalue weighted by Gasteiger charge is -2.14. The highest BCUT2D eigenvalue weighted by Crippen LogP contribution is 2.18. The summed E-state index contributed by atoms with van der Waals surface area (Å²) in [7, 11) is 1.24. The van der Waals surface area contributed by atoms with Gasteiger partial charge >= 0.3 is 11.9 Å². The highest BCUT2D eigenvalue weighted by Gasteiger charge is 2.24. The zero-order valence-electron chi connectivity index (χ0n) is 8.88. The highest BCUT2D eigenvalue weighted by molar-refractivity contribution is 5.85. The Kier molecular flexibility index (Phi) is 4.27. The van der Waals surface area contributed by atoms with Crippen molar-refractivity contribution in [2.24, 2.45) is 0 Å². The Morgan fingerprint density at radius 1 is 1.31 bits per heavy atom. The Balaban J connectivity index is 2.92. The van der Waals surface area contributed by atoms with Crippen LogP contribution in [0.1, 0.15) is 11.7 Å². The average Bonchev–Trinajstić information content (AvgIpc) is 2.35. The summed E-state index contributed by atoms with van der Waals surface area (Å²) in [5.74, 6) is -1.29. The zero-order valence-corrected chi connectivity index (χ0v) is 8.88. The smallest absolute Gasteiger partial charge is 0.351 e. The number of carbonyl (C=O) groups is 2. The van der Waals surface area contributed by atoms with Gasteiger partial charge in [0.25, 0.3) is 0 Å². The monoisotopic (exact) mass is 220 g/mol. The zero-order chi connectivity index (χ0) is 12.0. The van der Waals surface area contributed by atoms with Crippen LogP contribution in [0.5, 0.6) is 0 Å². The maximum Gasteiger partial charge on any atom is 0.351 e. The van der Waals surface area contributed by atoms with E-state index in [0.29, 0.717) is 5.56 Å². The quantitative estimate of drug-likeness (QED) is 0.571. The molecule has 1 unspecified atom stereocenters. The second-order valence-corrected chi connectivity index (χ2v) is 2.95. The minimum absolute atomic E-state index is 0.560. The molecule has 0 aliphatic carbocycles. The van der Waals surface area contributed by atoms with Crippen LogP contribution in [0.2, 0.25) is 0 Å². The van der Waals surface area contributed by atoms with Gasteiger partial charge in [-0.15, -0.1) is 0 Å². The van der Waals surface area contributed by atoms with Gasteiger partial charge in [0.05, 0.1) is 7.11 Å². The maximum absolute atomic E-state index is 11.4. The number of ether oxygens (including phenoxy) is 2. The number of methoxy groups -OCH3 is 1. The van der Waals surface area contributed by atoms with Crippen molar-refractivity contribution in [3.63, 3.8) is 0 Å². The molecule has 0 saturated heterocycles. The molecule has 84 valence electrons. The van der Waals surface area contributed by atoms with E-state index in [1.165, 1.54) is 7.11 Å². The molecular weight excluding hydrogens is 208 g/mol. The van der Waals surface area contributed by atoms with Crippen molar-refractivity contribution in [2.45, 2.75) is 6.10 Å². The van der Waals surface area contributed by atoms with Gasteiger partial charge < -0.3 is 9.47 Å². The number of hydrogen-bond acceptors (Lipinski definition) is 4. The van der Waals surface area contributed by atoms with E-state index in [4.69, 9.17) is 4.74 Å². The van der Waals surface area contributed by atoms with Gasteiger partial charge in [-0.1, -0.05) is 36.9 Å². The van der Waals surface area contributed by atoms with Gasteiger partial charge in [-0.05, 0) is 0 Å². The normalized spacial score (nSPS) is 11.3. The summed E-state index contributed by atoms with van der Waals surface area (Å²) < 4.78 is 9.47. The summed E-state index contributed by atoms with van der Waals surface area (Å²) >= 11 is 0. The van der Waals surface area contributed by atoms with Crippen LogP contribution < -0.4 is 0 Å². The van der Waals surface area contributed by atoms with Crippen LogP contribution in [0.25, 0.3) is 0 Å². The topological polar surface area (TPSA) is 52.6 Å². The first-order valence-corrected chi connectivity index (χ1v) is 4.65. The fourth-order valence-electron chi connectivity index (χ4n) is 1.15. The molecule has 0 bridgehead atoms. The van der Waals surface area contributed by atoms with E-state index in [-0.39, 0.29) is 0 Å². The van der Waals surface area contributed by atoms with Crippen molar-refractivity contribution >= 4 is 11.9 Å². The number of carbonyl (C=O) groups excluding carboxylic acids is 2. The molecule has 1 aromatic rings. The molecule has 1 rings (SSSR count). The van der Waals surface area contributed by atoms with Gasteiger partial charge in [-0.2, -0.15) is 0 Å². The first-order valence-electron chi connectivity index (χ1n) is 4.65. The molecule has 0 spiro atoms. The van der Waals surface area contributed by atoms with Gasteiger partial charge in [-0.25, -0.2) is 9.59 Å². The van der Waals surface area contributed by atoms with Crippen molar-refractivity contribution in [1.82, 2.24) is 0 Å². The largest absolute Gasteiger partial charge is 0.466 e. The molecule has 0 saturated carbocycles. The molecule has 0 N–H and O–H groups in total. The SMILES string of the molecule is C=CC(=O)OC(C(=O)OC)c1ccccc1. The minimum Gasteiger partial charge on any atom is -0.466 e. The van der Waals surface area contributed by atoms with Crippen molar-refractivity contribution in [3.8, 4) is 0 Å². The van der Waals surface area contributed by atoms with Crippen LogP contribution in [0.15, 0.2) is 43.0 Å². The first-order chi connectivity index (χ1) is 7.69. The van der Waals surface area contributed by atoms with Crippen molar-refractivity contribution in [3.05, 3.63) is 48.6 Å². The molecule has 0 aromatic heterocycles. The summed E-state index contributed by atoms with van der Waals surface area (Å²) in [5, 5.41) is 0. The third kappa shape index (κ3) is 2.95. The molecule has 16 heavy (non-hydrogen) atoms. The number of esters is 2. The van der Waals surface area contributed by atoms with E-state index < -0.39 is 18.0 Å². The standard InChI is InChI=1S/C12H12O4/c1-3-10(13)16-11(12(14)15-2)9-7-5-4-6-8-9/h3-8,11H,1H2,2H3. The summed E-state index contributed by atoms with van der Waals surface area (Å²) in [6.07, 6.45) is -0.0458. The van der Waals surface area contributed by atoms with Gasteiger partial charge in [0.2, 0.25) is 6.10 Å². The molecule has 0 radical (unpaired) electrons. The molecule has 4 heteroatoms. The fraction of sp³-hybridized carbons (Fsp3) is 0.167. The van der Waals surface area contributed by atoms with E-state index in [1.807, 2.05) is 0 Å². The molecule has 0 amide bonds. The Hall–Kier alpha value is -2.10. The Labute approximate surface area is 93.5 Å². The molecule has 0 aliphatic heterocycles. The van der Waals surface area contributed by atoms with E-state index >= 15 is 0 Å². The van der Waals surface area contributed by atoms with E-state index in [1.54, 1.807) is 30.3 Å².